The fourth-order valence-electron chi connectivity index (χ4n) is 2.90. The molecule has 2 aromatic rings. The molecule has 0 spiro atoms. The lowest BCUT2D eigenvalue weighted by molar-refractivity contribution is -0.147. The number of carbonyl (C=O) groups is 2. The van der Waals surface area contributed by atoms with Gasteiger partial charge in [0.2, 0.25) is 0 Å². The van der Waals surface area contributed by atoms with Crippen LogP contribution in [-0.2, 0) is 4.79 Å². The van der Waals surface area contributed by atoms with Crippen molar-refractivity contribution in [3.05, 3.63) is 40.5 Å². The molecule has 6 nitrogen and oxygen atoms in total. The molecule has 1 aromatic carbocycles. The Hall–Kier alpha value is -2.15. The number of carboxylic acids is 1. The number of hydrogen-bond donors (Lipinski definition) is 2. The fraction of sp³-hybridized carbons (Fsp3) is 0.312. The average molecular weight is 378 g/mol. The molecule has 1 unspecified atom stereocenters. The lowest BCUT2D eigenvalue weighted by Gasteiger charge is -2.30. The van der Waals surface area contributed by atoms with Crippen molar-refractivity contribution in [3.63, 3.8) is 0 Å². The molecule has 1 aliphatic rings. The van der Waals surface area contributed by atoms with Crippen molar-refractivity contribution >= 4 is 27.8 Å². The molecule has 1 saturated heterocycles. The minimum absolute atomic E-state index is 0.276. The second-order valence-corrected chi connectivity index (χ2v) is 6.56. The van der Waals surface area contributed by atoms with Gasteiger partial charge in [0.25, 0.3) is 5.91 Å². The molecule has 1 atom stereocenters. The van der Waals surface area contributed by atoms with Gasteiger partial charge in [0.15, 0.2) is 0 Å². The number of likely N-dealkylation sites (tertiary alicyclic amines) is 1. The number of H-pyrrole nitrogens is 1. The van der Waals surface area contributed by atoms with Gasteiger partial charge in [-0.3, -0.25) is 9.89 Å². The molecule has 2 N–H and O–H groups in total. The van der Waals surface area contributed by atoms with Crippen LogP contribution in [0.15, 0.2) is 34.8 Å². The van der Waals surface area contributed by atoms with Crippen molar-refractivity contribution in [2.45, 2.75) is 25.3 Å². The number of benzene rings is 1. The maximum Gasteiger partial charge on any atom is 0.329 e. The summed E-state index contributed by atoms with van der Waals surface area (Å²) < 4.78 is 0.549. The predicted octanol–water partition coefficient (Wildman–Crippen LogP) is 2.92. The lowest BCUT2D eigenvalue weighted by Crippen LogP contribution is -2.50. The molecule has 0 aliphatic carbocycles. The Bertz CT molecular complexity index is 759. The number of carboxylic acid groups (broad SMARTS) is 1. The van der Waals surface area contributed by atoms with E-state index in [1.165, 1.54) is 4.90 Å². The molecule has 23 heavy (non-hydrogen) atoms. The summed E-state index contributed by atoms with van der Waals surface area (Å²) in [6.45, 7) is 2.01. The number of rotatable bonds is 3. The molecule has 1 fully saturated rings. The van der Waals surface area contributed by atoms with E-state index in [4.69, 9.17) is 0 Å². The highest BCUT2D eigenvalue weighted by atomic mass is 79.9. The number of nitrogens with zero attached hydrogens (tertiary/aromatic N) is 2. The number of amides is 1. The standard InChI is InChI=1S/C16H16BrN3O3/c1-16(15(22)23)8-5-9-20(16)14(21)13-11(17)12(18-19-13)10-6-3-2-4-7-10/h2-4,6-7H,5,8-9H2,1H3,(H,18,19)(H,22,23). The van der Waals surface area contributed by atoms with Crippen molar-refractivity contribution in [3.8, 4) is 11.3 Å². The van der Waals surface area contributed by atoms with Gasteiger partial charge in [-0.2, -0.15) is 5.10 Å². The average Bonchev–Trinajstić information content (AvgIpc) is 3.12. The van der Waals surface area contributed by atoms with Crippen molar-refractivity contribution < 1.29 is 14.7 Å². The molecular weight excluding hydrogens is 362 g/mol. The van der Waals surface area contributed by atoms with Crippen molar-refractivity contribution in [1.82, 2.24) is 15.1 Å². The third kappa shape index (κ3) is 2.55. The van der Waals surface area contributed by atoms with E-state index in [1.54, 1.807) is 6.92 Å². The molecule has 0 saturated carbocycles. The van der Waals surface area contributed by atoms with Gasteiger partial charge in [0, 0.05) is 12.1 Å². The summed E-state index contributed by atoms with van der Waals surface area (Å²) >= 11 is 3.42. The summed E-state index contributed by atoms with van der Waals surface area (Å²) in [7, 11) is 0. The Labute approximate surface area is 141 Å². The van der Waals surface area contributed by atoms with Crippen LogP contribution in [0.4, 0.5) is 0 Å². The van der Waals surface area contributed by atoms with E-state index in [2.05, 4.69) is 26.1 Å². The first-order valence-corrected chi connectivity index (χ1v) is 8.09. The highest BCUT2D eigenvalue weighted by Crippen LogP contribution is 2.34. The molecule has 1 aromatic heterocycles. The lowest BCUT2D eigenvalue weighted by atomic mass is 9.99. The molecular formula is C16H16BrN3O3. The van der Waals surface area contributed by atoms with E-state index in [1.807, 2.05) is 30.3 Å². The SMILES string of the molecule is CC1(C(=O)O)CCCN1C(=O)c1[nH]nc(-c2ccccc2)c1Br. The summed E-state index contributed by atoms with van der Waals surface area (Å²) in [5, 5.41) is 16.4. The number of aliphatic carboxylic acids is 1. The van der Waals surface area contributed by atoms with Gasteiger partial charge in [-0.05, 0) is 35.7 Å². The summed E-state index contributed by atoms with van der Waals surface area (Å²) in [5.74, 6) is -1.34. The maximum atomic E-state index is 12.8. The minimum atomic E-state index is -1.17. The first-order chi connectivity index (χ1) is 10.9. The summed E-state index contributed by atoms with van der Waals surface area (Å²) in [6.07, 6.45) is 1.12. The Morgan fingerprint density at radius 3 is 2.70 bits per heavy atom. The number of aromatic nitrogens is 2. The highest BCUT2D eigenvalue weighted by molar-refractivity contribution is 9.10. The summed E-state index contributed by atoms with van der Waals surface area (Å²) in [6, 6.07) is 9.47. The fourth-order valence-corrected chi connectivity index (χ4v) is 3.48. The Morgan fingerprint density at radius 2 is 2.04 bits per heavy atom. The molecule has 7 heteroatoms. The molecule has 120 valence electrons. The van der Waals surface area contributed by atoms with Crippen molar-refractivity contribution in [2.24, 2.45) is 0 Å². The van der Waals surface area contributed by atoms with Gasteiger partial charge in [-0.15, -0.1) is 0 Å². The molecule has 2 heterocycles. The quantitative estimate of drug-likeness (QED) is 0.860. The van der Waals surface area contributed by atoms with Crippen LogP contribution in [-0.4, -0.2) is 44.2 Å². The predicted molar refractivity (Wildman–Crippen MR) is 88.0 cm³/mol. The van der Waals surface area contributed by atoms with E-state index >= 15 is 0 Å². The number of nitrogens with one attached hydrogen (secondary N) is 1. The number of hydrogen-bond acceptors (Lipinski definition) is 3. The zero-order chi connectivity index (χ0) is 16.6. The van der Waals surface area contributed by atoms with Crippen LogP contribution in [0.5, 0.6) is 0 Å². The minimum Gasteiger partial charge on any atom is -0.480 e. The van der Waals surface area contributed by atoms with Crippen molar-refractivity contribution in [2.75, 3.05) is 6.54 Å². The van der Waals surface area contributed by atoms with Crippen LogP contribution in [0.3, 0.4) is 0 Å². The van der Waals surface area contributed by atoms with E-state index < -0.39 is 11.5 Å². The molecule has 0 bridgehead atoms. The highest BCUT2D eigenvalue weighted by Gasteiger charge is 2.46. The third-order valence-corrected chi connectivity index (χ3v) is 5.09. The zero-order valence-corrected chi connectivity index (χ0v) is 14.1. The van der Waals surface area contributed by atoms with Crippen LogP contribution in [0.25, 0.3) is 11.3 Å². The maximum absolute atomic E-state index is 12.8. The second-order valence-electron chi connectivity index (χ2n) is 5.77. The summed E-state index contributed by atoms with van der Waals surface area (Å²) in [4.78, 5) is 25.7. The Kier molecular flexibility index (Phi) is 3.97. The second kappa shape index (κ2) is 5.81. The monoisotopic (exact) mass is 377 g/mol. The molecule has 3 rings (SSSR count). The van der Waals surface area contributed by atoms with Gasteiger partial charge >= 0.3 is 5.97 Å². The normalized spacial score (nSPS) is 20.7. The van der Waals surface area contributed by atoms with Gasteiger partial charge in [0.05, 0.1) is 4.47 Å². The van der Waals surface area contributed by atoms with E-state index in [9.17, 15) is 14.7 Å². The molecule has 1 amide bonds. The number of carbonyl (C=O) groups excluding carboxylic acids is 1. The van der Waals surface area contributed by atoms with E-state index in [0.717, 1.165) is 5.56 Å². The van der Waals surface area contributed by atoms with Crippen LogP contribution in [0, 0.1) is 0 Å². The topological polar surface area (TPSA) is 86.3 Å². The van der Waals surface area contributed by atoms with Crippen LogP contribution >= 0.6 is 15.9 Å². The van der Waals surface area contributed by atoms with Crippen molar-refractivity contribution in [1.29, 1.82) is 0 Å². The largest absolute Gasteiger partial charge is 0.480 e. The third-order valence-electron chi connectivity index (χ3n) is 4.31. The number of halogens is 1. The number of aromatic amines is 1. The van der Waals surface area contributed by atoms with Gasteiger partial charge in [0.1, 0.15) is 16.9 Å². The van der Waals surface area contributed by atoms with Crippen LogP contribution in [0.2, 0.25) is 0 Å². The summed E-state index contributed by atoms with van der Waals surface area (Å²) in [5.41, 5.74) is 0.606. The zero-order valence-electron chi connectivity index (χ0n) is 12.5. The van der Waals surface area contributed by atoms with E-state index in [0.29, 0.717) is 29.6 Å². The van der Waals surface area contributed by atoms with Gasteiger partial charge < -0.3 is 10.0 Å². The van der Waals surface area contributed by atoms with Crippen LogP contribution < -0.4 is 0 Å². The van der Waals surface area contributed by atoms with E-state index in [-0.39, 0.29) is 11.6 Å². The Morgan fingerprint density at radius 1 is 1.35 bits per heavy atom. The molecule has 0 radical (unpaired) electrons. The smallest absolute Gasteiger partial charge is 0.329 e. The van der Waals surface area contributed by atoms with Gasteiger partial charge in [-0.1, -0.05) is 30.3 Å². The Balaban J connectivity index is 1.96. The van der Waals surface area contributed by atoms with Crippen LogP contribution in [0.1, 0.15) is 30.3 Å². The molecule has 1 aliphatic heterocycles. The first-order valence-electron chi connectivity index (χ1n) is 7.30. The first kappa shape index (κ1) is 15.7. The van der Waals surface area contributed by atoms with Gasteiger partial charge in [-0.25, -0.2) is 4.79 Å².